The third-order valence-corrected chi connectivity index (χ3v) is 4.05. The largest absolute Gasteiger partial charge is 0.384 e. The van der Waals surface area contributed by atoms with E-state index in [4.69, 9.17) is 0 Å². The summed E-state index contributed by atoms with van der Waals surface area (Å²) in [5, 5.41) is 6.36. The van der Waals surface area contributed by atoms with Gasteiger partial charge >= 0.3 is 0 Å². The van der Waals surface area contributed by atoms with Crippen LogP contribution in [0.5, 0.6) is 0 Å². The maximum Gasteiger partial charge on any atom is 0.224 e. The standard InChI is InChI=1S/C15H20N2O.ClH/c18-15(9-11-3-1-2-4-11)17-13-5-6-14-12(10-13)7-8-16-14;/h5-6,10-11,16H,1-4,7-9H2,(H,17,18);1H. The molecule has 1 saturated carbocycles. The van der Waals surface area contributed by atoms with Crippen LogP contribution in [0, 0.1) is 5.92 Å². The molecule has 3 rings (SSSR count). The van der Waals surface area contributed by atoms with Crippen molar-refractivity contribution in [1.82, 2.24) is 0 Å². The number of hydrogen-bond acceptors (Lipinski definition) is 2. The highest BCUT2D eigenvalue weighted by Crippen LogP contribution is 2.29. The van der Waals surface area contributed by atoms with Crippen LogP contribution in [-0.4, -0.2) is 12.5 Å². The lowest BCUT2D eigenvalue weighted by molar-refractivity contribution is -0.117. The molecule has 1 amide bonds. The minimum absolute atomic E-state index is 0. The van der Waals surface area contributed by atoms with Crippen LogP contribution in [-0.2, 0) is 11.2 Å². The Morgan fingerprint density at radius 1 is 1.32 bits per heavy atom. The summed E-state index contributed by atoms with van der Waals surface area (Å²) in [4.78, 5) is 11.9. The van der Waals surface area contributed by atoms with E-state index in [1.807, 2.05) is 6.07 Å². The van der Waals surface area contributed by atoms with Crippen LogP contribution in [0.25, 0.3) is 0 Å². The molecule has 1 aromatic rings. The Labute approximate surface area is 120 Å². The monoisotopic (exact) mass is 280 g/mol. The van der Waals surface area contributed by atoms with Gasteiger partial charge in [-0.15, -0.1) is 12.4 Å². The number of rotatable bonds is 3. The summed E-state index contributed by atoms with van der Waals surface area (Å²) >= 11 is 0. The van der Waals surface area contributed by atoms with E-state index >= 15 is 0 Å². The Kier molecular flexibility index (Phi) is 4.70. The molecule has 2 N–H and O–H groups in total. The van der Waals surface area contributed by atoms with Crippen LogP contribution >= 0.6 is 12.4 Å². The SMILES string of the molecule is Cl.O=C(CC1CCCC1)Nc1ccc2c(c1)CCN2. The van der Waals surface area contributed by atoms with Crippen molar-refractivity contribution in [3.05, 3.63) is 23.8 Å². The molecular weight excluding hydrogens is 260 g/mol. The molecule has 1 aliphatic carbocycles. The maximum atomic E-state index is 11.9. The normalized spacial score (nSPS) is 17.5. The number of halogens is 1. The number of amides is 1. The highest BCUT2D eigenvalue weighted by Gasteiger charge is 2.18. The zero-order valence-electron chi connectivity index (χ0n) is 11.1. The molecule has 2 aliphatic rings. The minimum atomic E-state index is 0. The summed E-state index contributed by atoms with van der Waals surface area (Å²) in [6.45, 7) is 1.01. The molecule has 104 valence electrons. The van der Waals surface area contributed by atoms with Gasteiger partial charge in [0.05, 0.1) is 0 Å². The Bertz CT molecular complexity index is 455. The van der Waals surface area contributed by atoms with Crippen LogP contribution in [0.4, 0.5) is 11.4 Å². The number of carbonyl (C=O) groups is 1. The number of benzene rings is 1. The first-order valence-corrected chi connectivity index (χ1v) is 6.98. The minimum Gasteiger partial charge on any atom is -0.384 e. The Hall–Kier alpha value is -1.22. The van der Waals surface area contributed by atoms with Crippen molar-refractivity contribution < 1.29 is 4.79 Å². The van der Waals surface area contributed by atoms with E-state index in [0.29, 0.717) is 12.3 Å². The smallest absolute Gasteiger partial charge is 0.224 e. The molecule has 0 atom stereocenters. The van der Waals surface area contributed by atoms with Gasteiger partial charge in [0.1, 0.15) is 0 Å². The molecule has 3 nitrogen and oxygen atoms in total. The van der Waals surface area contributed by atoms with Crippen molar-refractivity contribution in [3.63, 3.8) is 0 Å². The zero-order valence-corrected chi connectivity index (χ0v) is 11.9. The van der Waals surface area contributed by atoms with E-state index in [-0.39, 0.29) is 18.3 Å². The first-order valence-electron chi connectivity index (χ1n) is 6.98. The molecule has 0 aromatic heterocycles. The van der Waals surface area contributed by atoms with Crippen molar-refractivity contribution in [2.75, 3.05) is 17.2 Å². The number of carbonyl (C=O) groups excluding carboxylic acids is 1. The van der Waals surface area contributed by atoms with Gasteiger partial charge in [-0.1, -0.05) is 12.8 Å². The molecule has 4 heteroatoms. The van der Waals surface area contributed by atoms with Crippen molar-refractivity contribution in [1.29, 1.82) is 0 Å². The number of nitrogens with one attached hydrogen (secondary N) is 2. The van der Waals surface area contributed by atoms with Crippen molar-refractivity contribution >= 4 is 29.7 Å². The summed E-state index contributed by atoms with van der Waals surface area (Å²) in [6.07, 6.45) is 6.78. The average Bonchev–Trinajstić information content (AvgIpc) is 2.98. The molecule has 1 aromatic carbocycles. The average molecular weight is 281 g/mol. The third-order valence-electron chi connectivity index (χ3n) is 4.05. The third kappa shape index (κ3) is 3.41. The van der Waals surface area contributed by atoms with Gasteiger partial charge in [-0.05, 0) is 48.9 Å². The van der Waals surface area contributed by atoms with Crippen LogP contribution in [0.3, 0.4) is 0 Å². The summed E-state index contributed by atoms with van der Waals surface area (Å²) in [5.74, 6) is 0.786. The van der Waals surface area contributed by atoms with E-state index in [9.17, 15) is 4.79 Å². The van der Waals surface area contributed by atoms with Gasteiger partial charge in [0.2, 0.25) is 5.91 Å². The summed E-state index contributed by atoms with van der Waals surface area (Å²) < 4.78 is 0. The van der Waals surface area contributed by atoms with Crippen LogP contribution < -0.4 is 10.6 Å². The maximum absolute atomic E-state index is 11.9. The van der Waals surface area contributed by atoms with E-state index in [1.165, 1.54) is 36.9 Å². The lowest BCUT2D eigenvalue weighted by atomic mass is 10.0. The lowest BCUT2D eigenvalue weighted by Gasteiger charge is -2.10. The zero-order chi connectivity index (χ0) is 12.4. The Morgan fingerprint density at radius 3 is 2.89 bits per heavy atom. The predicted molar refractivity (Wildman–Crippen MR) is 81.1 cm³/mol. The van der Waals surface area contributed by atoms with E-state index in [0.717, 1.165) is 18.7 Å². The topological polar surface area (TPSA) is 41.1 Å². The molecular formula is C15H21ClN2O. The van der Waals surface area contributed by atoms with Crippen molar-refractivity contribution in [2.24, 2.45) is 5.92 Å². The first kappa shape index (κ1) is 14.2. The molecule has 0 spiro atoms. The highest BCUT2D eigenvalue weighted by atomic mass is 35.5. The second-order valence-corrected chi connectivity index (χ2v) is 5.45. The van der Waals surface area contributed by atoms with Gasteiger partial charge in [0, 0.05) is 24.3 Å². The van der Waals surface area contributed by atoms with E-state index in [2.05, 4.69) is 22.8 Å². The quantitative estimate of drug-likeness (QED) is 0.888. The molecule has 0 saturated heterocycles. The second kappa shape index (κ2) is 6.29. The molecule has 1 aliphatic heterocycles. The fourth-order valence-corrected chi connectivity index (χ4v) is 3.07. The van der Waals surface area contributed by atoms with E-state index < -0.39 is 0 Å². The summed E-state index contributed by atoms with van der Waals surface area (Å²) in [6, 6.07) is 6.15. The summed E-state index contributed by atoms with van der Waals surface area (Å²) in [5.41, 5.74) is 3.47. The molecule has 1 heterocycles. The lowest BCUT2D eigenvalue weighted by Crippen LogP contribution is -2.15. The molecule has 0 radical (unpaired) electrons. The number of anilines is 2. The Morgan fingerprint density at radius 2 is 2.11 bits per heavy atom. The van der Waals surface area contributed by atoms with Crippen LogP contribution in [0.15, 0.2) is 18.2 Å². The molecule has 19 heavy (non-hydrogen) atoms. The van der Waals surface area contributed by atoms with Gasteiger partial charge in [-0.3, -0.25) is 4.79 Å². The van der Waals surface area contributed by atoms with Crippen molar-refractivity contribution in [2.45, 2.75) is 38.5 Å². The van der Waals surface area contributed by atoms with Gasteiger partial charge in [-0.25, -0.2) is 0 Å². The highest BCUT2D eigenvalue weighted by molar-refractivity contribution is 5.91. The van der Waals surface area contributed by atoms with Gasteiger partial charge in [0.25, 0.3) is 0 Å². The van der Waals surface area contributed by atoms with Gasteiger partial charge in [0.15, 0.2) is 0 Å². The number of hydrogen-bond donors (Lipinski definition) is 2. The first-order chi connectivity index (χ1) is 8.81. The van der Waals surface area contributed by atoms with E-state index in [1.54, 1.807) is 0 Å². The Balaban J connectivity index is 0.00000133. The van der Waals surface area contributed by atoms with Crippen LogP contribution in [0.2, 0.25) is 0 Å². The fourth-order valence-electron chi connectivity index (χ4n) is 3.07. The number of fused-ring (bicyclic) bond motifs is 1. The van der Waals surface area contributed by atoms with Gasteiger partial charge in [-0.2, -0.15) is 0 Å². The molecule has 0 unspecified atom stereocenters. The fraction of sp³-hybridized carbons (Fsp3) is 0.533. The summed E-state index contributed by atoms with van der Waals surface area (Å²) in [7, 11) is 0. The molecule has 0 bridgehead atoms. The van der Waals surface area contributed by atoms with Crippen LogP contribution in [0.1, 0.15) is 37.7 Å². The molecule has 1 fully saturated rings. The van der Waals surface area contributed by atoms with Gasteiger partial charge < -0.3 is 10.6 Å². The second-order valence-electron chi connectivity index (χ2n) is 5.45. The predicted octanol–water partition coefficient (Wildman–Crippen LogP) is 3.60. The van der Waals surface area contributed by atoms with Crippen molar-refractivity contribution in [3.8, 4) is 0 Å².